The molecule has 28 heavy (non-hydrogen) atoms. The molecule has 0 spiro atoms. The lowest BCUT2D eigenvalue weighted by Gasteiger charge is -2.19. The molecule has 0 amide bonds. The quantitative estimate of drug-likeness (QED) is 0.737. The average Bonchev–Trinajstić information content (AvgIpc) is 3.01. The van der Waals surface area contributed by atoms with Crippen LogP contribution in [0.3, 0.4) is 0 Å². The third-order valence-corrected chi connectivity index (χ3v) is 5.18. The van der Waals surface area contributed by atoms with Crippen LogP contribution in [0.25, 0.3) is 11.3 Å². The molecule has 1 aromatic carbocycles. The van der Waals surface area contributed by atoms with Crippen molar-refractivity contribution in [3.8, 4) is 11.3 Å². The highest BCUT2D eigenvalue weighted by molar-refractivity contribution is 5.58. The first-order valence-corrected chi connectivity index (χ1v) is 9.99. The largest absolute Gasteiger partial charge is 0.387 e. The molecule has 0 fully saturated rings. The van der Waals surface area contributed by atoms with Crippen molar-refractivity contribution in [1.29, 1.82) is 0 Å². The molecule has 3 heterocycles. The Morgan fingerprint density at radius 2 is 1.93 bits per heavy atom. The highest BCUT2D eigenvalue weighted by atomic mass is 16.3. The number of rotatable bonds is 5. The Kier molecular flexibility index (Phi) is 5.50. The van der Waals surface area contributed by atoms with Gasteiger partial charge in [-0.05, 0) is 31.9 Å². The fraction of sp³-hybridized carbons (Fsp3) is 0.409. The molecule has 0 radical (unpaired) electrons. The van der Waals surface area contributed by atoms with E-state index in [1.807, 2.05) is 48.9 Å². The minimum Gasteiger partial charge on any atom is -0.387 e. The first-order chi connectivity index (χ1) is 13.6. The molecule has 1 N–H and O–H groups in total. The topological polar surface area (TPSA) is 67.1 Å². The van der Waals surface area contributed by atoms with Crippen molar-refractivity contribution < 1.29 is 5.11 Å². The molecule has 2 aromatic heterocycles. The second kappa shape index (κ2) is 8.20. The maximum Gasteiger partial charge on any atom is 0.143 e. The van der Waals surface area contributed by atoms with Gasteiger partial charge >= 0.3 is 0 Å². The van der Waals surface area contributed by atoms with E-state index < -0.39 is 6.10 Å². The van der Waals surface area contributed by atoms with Crippen LogP contribution in [0.2, 0.25) is 0 Å². The van der Waals surface area contributed by atoms with Crippen molar-refractivity contribution in [3.63, 3.8) is 0 Å². The maximum atomic E-state index is 10.1. The van der Waals surface area contributed by atoms with Crippen LogP contribution in [0, 0.1) is 6.92 Å². The van der Waals surface area contributed by atoms with Crippen molar-refractivity contribution >= 4 is 0 Å². The Hall–Kier alpha value is -2.57. The number of aliphatic hydroxyl groups is 1. The van der Waals surface area contributed by atoms with E-state index in [2.05, 4.69) is 27.1 Å². The van der Waals surface area contributed by atoms with Crippen LogP contribution in [-0.2, 0) is 19.6 Å². The molecule has 1 aliphatic rings. The van der Waals surface area contributed by atoms with Crippen LogP contribution < -0.4 is 0 Å². The zero-order valence-corrected chi connectivity index (χ0v) is 16.5. The Labute approximate surface area is 165 Å². The second-order valence-corrected chi connectivity index (χ2v) is 7.45. The van der Waals surface area contributed by atoms with E-state index in [1.165, 1.54) is 0 Å². The summed E-state index contributed by atoms with van der Waals surface area (Å²) in [5.41, 5.74) is 4.99. The number of fused-ring (bicyclic) bond motifs is 1. The van der Waals surface area contributed by atoms with Crippen molar-refractivity contribution in [3.05, 3.63) is 65.4 Å². The van der Waals surface area contributed by atoms with Crippen LogP contribution in [0.15, 0.2) is 42.5 Å². The van der Waals surface area contributed by atoms with Crippen LogP contribution in [0.4, 0.5) is 0 Å². The number of aliphatic hydroxyl groups excluding tert-OH is 1. The Morgan fingerprint density at radius 3 is 2.71 bits per heavy atom. The van der Waals surface area contributed by atoms with Gasteiger partial charge in [0.05, 0.1) is 29.7 Å². The first kappa shape index (κ1) is 18.8. The fourth-order valence-electron chi connectivity index (χ4n) is 3.72. The molecule has 1 aliphatic heterocycles. The molecular weight excluding hydrogens is 350 g/mol. The van der Waals surface area contributed by atoms with Crippen molar-refractivity contribution in [1.82, 2.24) is 24.6 Å². The minimum absolute atomic E-state index is 0.485. The molecule has 0 saturated carbocycles. The predicted octanol–water partition coefficient (Wildman–Crippen LogP) is 3.50. The summed E-state index contributed by atoms with van der Waals surface area (Å²) in [6.45, 7) is 7.35. The highest BCUT2D eigenvalue weighted by Crippen LogP contribution is 2.22. The van der Waals surface area contributed by atoms with Gasteiger partial charge in [0.1, 0.15) is 5.82 Å². The van der Waals surface area contributed by atoms with Gasteiger partial charge in [0.25, 0.3) is 0 Å². The molecule has 4 rings (SSSR count). The number of hydrogen-bond acceptors (Lipinski definition) is 5. The van der Waals surface area contributed by atoms with Crippen LogP contribution in [0.5, 0.6) is 0 Å². The summed E-state index contributed by atoms with van der Waals surface area (Å²) in [7, 11) is 0. The summed E-state index contributed by atoms with van der Waals surface area (Å²) in [4.78, 5) is 11.9. The molecule has 0 bridgehead atoms. The summed E-state index contributed by atoms with van der Waals surface area (Å²) in [6.07, 6.45) is 1.22. The summed E-state index contributed by atoms with van der Waals surface area (Å²) < 4.78 is 2.04. The van der Waals surface area contributed by atoms with Crippen molar-refractivity contribution in [2.24, 2.45) is 0 Å². The van der Waals surface area contributed by atoms with E-state index in [1.54, 1.807) is 0 Å². The van der Waals surface area contributed by atoms with Gasteiger partial charge in [0.2, 0.25) is 0 Å². The molecule has 3 aromatic rings. The van der Waals surface area contributed by atoms with Gasteiger partial charge in [-0.25, -0.2) is 9.97 Å². The zero-order valence-electron chi connectivity index (χ0n) is 16.5. The Balaban J connectivity index is 1.54. The predicted molar refractivity (Wildman–Crippen MR) is 108 cm³/mol. The molecule has 1 atom stereocenters. The Bertz CT molecular complexity index is 937. The monoisotopic (exact) mass is 377 g/mol. The molecule has 0 saturated heterocycles. The lowest BCUT2D eigenvalue weighted by Crippen LogP contribution is -2.24. The summed E-state index contributed by atoms with van der Waals surface area (Å²) in [6, 6.07) is 14.3. The summed E-state index contributed by atoms with van der Waals surface area (Å²) in [5.74, 6) is 0.848. The van der Waals surface area contributed by atoms with Gasteiger partial charge in [-0.1, -0.05) is 37.3 Å². The maximum absolute atomic E-state index is 10.1. The van der Waals surface area contributed by atoms with E-state index in [9.17, 15) is 5.11 Å². The molecule has 0 aliphatic carbocycles. The van der Waals surface area contributed by atoms with Gasteiger partial charge in [0.15, 0.2) is 0 Å². The van der Waals surface area contributed by atoms with Gasteiger partial charge in [0, 0.05) is 30.9 Å². The third kappa shape index (κ3) is 4.13. The minimum atomic E-state index is -0.485. The molecule has 6 nitrogen and oxygen atoms in total. The normalized spacial score (nSPS) is 15.8. The SMILES string of the molecule is CCC(O)c1cc2n(n1)CCCN(Cc1nc(C)cc(-c3ccccc3)n1)C2. The van der Waals surface area contributed by atoms with Gasteiger partial charge in [-0.3, -0.25) is 9.58 Å². The molecule has 146 valence electrons. The van der Waals surface area contributed by atoms with E-state index in [0.29, 0.717) is 13.0 Å². The smallest absolute Gasteiger partial charge is 0.143 e. The van der Waals surface area contributed by atoms with Gasteiger partial charge in [-0.15, -0.1) is 0 Å². The van der Waals surface area contributed by atoms with E-state index in [4.69, 9.17) is 4.98 Å². The standard InChI is InChI=1S/C22H27N5O/c1-3-21(28)20-13-18-14-26(10-7-11-27(18)25-20)15-22-23-16(2)12-19(24-22)17-8-5-4-6-9-17/h4-6,8-9,12-13,21,28H,3,7,10-11,14-15H2,1-2H3. The van der Waals surface area contributed by atoms with E-state index in [-0.39, 0.29) is 0 Å². The van der Waals surface area contributed by atoms with E-state index >= 15 is 0 Å². The van der Waals surface area contributed by atoms with Crippen LogP contribution in [-0.4, -0.2) is 36.3 Å². The number of aryl methyl sites for hydroxylation is 2. The zero-order chi connectivity index (χ0) is 19.5. The molecule has 6 heteroatoms. The van der Waals surface area contributed by atoms with E-state index in [0.717, 1.165) is 60.2 Å². The summed E-state index contributed by atoms with van der Waals surface area (Å²) in [5, 5.41) is 14.7. The summed E-state index contributed by atoms with van der Waals surface area (Å²) >= 11 is 0. The van der Waals surface area contributed by atoms with Gasteiger partial charge < -0.3 is 5.11 Å². The number of hydrogen-bond donors (Lipinski definition) is 1. The molecule has 1 unspecified atom stereocenters. The number of benzene rings is 1. The lowest BCUT2D eigenvalue weighted by molar-refractivity contribution is 0.167. The third-order valence-electron chi connectivity index (χ3n) is 5.18. The lowest BCUT2D eigenvalue weighted by atomic mass is 10.1. The second-order valence-electron chi connectivity index (χ2n) is 7.45. The number of aromatic nitrogens is 4. The molecular formula is C22H27N5O. The average molecular weight is 377 g/mol. The Morgan fingerprint density at radius 1 is 1.11 bits per heavy atom. The van der Waals surface area contributed by atoms with Crippen molar-refractivity contribution in [2.75, 3.05) is 6.54 Å². The number of nitrogens with zero attached hydrogens (tertiary/aromatic N) is 5. The fourth-order valence-corrected chi connectivity index (χ4v) is 3.72. The van der Waals surface area contributed by atoms with Gasteiger partial charge in [-0.2, -0.15) is 5.10 Å². The van der Waals surface area contributed by atoms with Crippen molar-refractivity contribution in [2.45, 2.75) is 52.4 Å². The van der Waals surface area contributed by atoms with Crippen LogP contribution >= 0.6 is 0 Å². The first-order valence-electron chi connectivity index (χ1n) is 9.99. The van der Waals surface area contributed by atoms with Crippen LogP contribution in [0.1, 0.15) is 48.8 Å². The highest BCUT2D eigenvalue weighted by Gasteiger charge is 2.20.